The van der Waals surface area contributed by atoms with Gasteiger partial charge in [0.2, 0.25) is 5.91 Å². The third-order valence-corrected chi connectivity index (χ3v) is 6.59. The summed E-state index contributed by atoms with van der Waals surface area (Å²) in [6, 6.07) is 8.89. The summed E-state index contributed by atoms with van der Waals surface area (Å²) in [6.07, 6.45) is 10.8. The molecular weight excluding hydrogens is 380 g/mol. The molecular formula is C24H32N2O4. The molecule has 6 heteroatoms. The number of carbonyl (C=O) groups is 3. The van der Waals surface area contributed by atoms with Gasteiger partial charge in [0.1, 0.15) is 0 Å². The number of fused-ring (bicyclic) bond motifs is 2. The number of rotatable bonds is 11. The first-order valence-corrected chi connectivity index (χ1v) is 11.0. The largest absolute Gasteiger partial charge is 0.481 e. The molecule has 0 heterocycles. The van der Waals surface area contributed by atoms with Crippen LogP contribution in [-0.4, -0.2) is 36.0 Å². The van der Waals surface area contributed by atoms with Crippen molar-refractivity contribution in [2.75, 3.05) is 13.1 Å². The zero-order chi connectivity index (χ0) is 21.3. The molecule has 0 aromatic heterocycles. The minimum atomic E-state index is -0.743. The van der Waals surface area contributed by atoms with Gasteiger partial charge in [-0.05, 0) is 74.3 Å². The predicted octanol–water partition coefficient (Wildman–Crippen LogP) is 3.40. The molecule has 162 valence electrons. The Morgan fingerprint density at radius 2 is 1.73 bits per heavy atom. The number of aliphatic carboxylic acids is 1. The zero-order valence-electron chi connectivity index (χ0n) is 17.4. The van der Waals surface area contributed by atoms with E-state index in [1.807, 2.05) is 6.07 Å². The van der Waals surface area contributed by atoms with E-state index in [0.29, 0.717) is 36.3 Å². The number of hydrogen-bond donors (Lipinski definition) is 3. The summed E-state index contributed by atoms with van der Waals surface area (Å²) in [7, 11) is 0. The van der Waals surface area contributed by atoms with E-state index < -0.39 is 5.97 Å². The number of allylic oxidation sites excluding steroid dienone is 2. The number of carboxylic acid groups (broad SMARTS) is 1. The molecule has 3 N–H and O–H groups in total. The summed E-state index contributed by atoms with van der Waals surface area (Å²) in [4.78, 5) is 34.9. The van der Waals surface area contributed by atoms with E-state index in [9.17, 15) is 14.4 Å². The Labute approximate surface area is 178 Å². The Morgan fingerprint density at radius 3 is 2.47 bits per heavy atom. The van der Waals surface area contributed by atoms with E-state index >= 15 is 0 Å². The van der Waals surface area contributed by atoms with E-state index in [1.54, 1.807) is 24.3 Å². The lowest BCUT2D eigenvalue weighted by Gasteiger charge is -2.30. The lowest BCUT2D eigenvalue weighted by molar-refractivity contribution is -0.137. The van der Waals surface area contributed by atoms with Gasteiger partial charge in [-0.25, -0.2) is 0 Å². The highest BCUT2D eigenvalue weighted by molar-refractivity contribution is 5.96. The van der Waals surface area contributed by atoms with Gasteiger partial charge in [0.05, 0.1) is 6.54 Å². The van der Waals surface area contributed by atoms with Crippen molar-refractivity contribution in [2.45, 2.75) is 44.9 Å². The molecule has 2 fully saturated rings. The van der Waals surface area contributed by atoms with Crippen LogP contribution in [0.3, 0.4) is 0 Å². The molecule has 0 unspecified atom stereocenters. The van der Waals surface area contributed by atoms with E-state index in [2.05, 4.69) is 22.8 Å². The fraction of sp³-hybridized carbons (Fsp3) is 0.542. The van der Waals surface area contributed by atoms with Gasteiger partial charge in [-0.1, -0.05) is 30.4 Å². The van der Waals surface area contributed by atoms with Crippen molar-refractivity contribution in [3.05, 3.63) is 48.0 Å². The number of amides is 2. The molecule has 3 rings (SSSR count). The average molecular weight is 413 g/mol. The highest BCUT2D eigenvalue weighted by atomic mass is 16.4. The number of carboxylic acids is 1. The van der Waals surface area contributed by atoms with Gasteiger partial charge in [-0.15, -0.1) is 0 Å². The van der Waals surface area contributed by atoms with Crippen molar-refractivity contribution in [2.24, 2.45) is 23.7 Å². The minimum Gasteiger partial charge on any atom is -0.481 e. The van der Waals surface area contributed by atoms with E-state index in [-0.39, 0.29) is 24.8 Å². The summed E-state index contributed by atoms with van der Waals surface area (Å²) in [5.74, 6) is 1.35. The molecule has 6 nitrogen and oxygen atoms in total. The first-order chi connectivity index (χ1) is 14.5. The van der Waals surface area contributed by atoms with Crippen LogP contribution in [0.2, 0.25) is 0 Å². The van der Waals surface area contributed by atoms with Gasteiger partial charge in [0, 0.05) is 18.5 Å². The van der Waals surface area contributed by atoms with Gasteiger partial charge >= 0.3 is 5.97 Å². The van der Waals surface area contributed by atoms with Crippen LogP contribution in [0, 0.1) is 23.7 Å². The van der Waals surface area contributed by atoms with E-state index in [1.165, 1.54) is 19.3 Å². The highest BCUT2D eigenvalue weighted by Crippen LogP contribution is 2.53. The monoisotopic (exact) mass is 412 g/mol. The Morgan fingerprint density at radius 1 is 1.00 bits per heavy atom. The maximum absolute atomic E-state index is 12.2. The Balaban J connectivity index is 1.40. The van der Waals surface area contributed by atoms with Gasteiger partial charge in [0.15, 0.2) is 0 Å². The third kappa shape index (κ3) is 6.18. The summed E-state index contributed by atoms with van der Waals surface area (Å²) < 4.78 is 0. The molecule has 0 saturated heterocycles. The van der Waals surface area contributed by atoms with Crippen molar-refractivity contribution in [3.63, 3.8) is 0 Å². The summed E-state index contributed by atoms with van der Waals surface area (Å²) in [5.41, 5.74) is 0.550. The number of benzene rings is 1. The molecule has 30 heavy (non-hydrogen) atoms. The number of hydrogen-bond acceptors (Lipinski definition) is 3. The molecule has 0 aliphatic heterocycles. The van der Waals surface area contributed by atoms with Gasteiger partial charge in [0.25, 0.3) is 5.91 Å². The molecule has 0 radical (unpaired) electrons. The quantitative estimate of drug-likeness (QED) is 0.383. The fourth-order valence-corrected chi connectivity index (χ4v) is 5.10. The van der Waals surface area contributed by atoms with Crippen molar-refractivity contribution < 1.29 is 19.5 Å². The minimum absolute atomic E-state index is 0.0112. The Hall–Kier alpha value is -2.63. The smallest absolute Gasteiger partial charge is 0.303 e. The number of unbranched alkanes of at least 4 members (excludes halogenated alkanes) is 1. The van der Waals surface area contributed by atoms with Crippen LogP contribution in [0.5, 0.6) is 0 Å². The maximum Gasteiger partial charge on any atom is 0.303 e. The molecule has 1 aromatic carbocycles. The van der Waals surface area contributed by atoms with Crippen LogP contribution in [0.15, 0.2) is 42.5 Å². The van der Waals surface area contributed by atoms with Crippen molar-refractivity contribution in [1.82, 2.24) is 10.6 Å². The van der Waals surface area contributed by atoms with Crippen LogP contribution in [0.4, 0.5) is 0 Å². The predicted molar refractivity (Wildman–Crippen MR) is 115 cm³/mol. The van der Waals surface area contributed by atoms with Crippen LogP contribution >= 0.6 is 0 Å². The topological polar surface area (TPSA) is 95.5 Å². The van der Waals surface area contributed by atoms with Crippen molar-refractivity contribution >= 4 is 17.8 Å². The van der Waals surface area contributed by atoms with Crippen LogP contribution < -0.4 is 10.6 Å². The van der Waals surface area contributed by atoms with Crippen molar-refractivity contribution in [1.29, 1.82) is 0 Å². The molecule has 1 aromatic rings. The molecule has 2 bridgehead atoms. The van der Waals surface area contributed by atoms with E-state index in [0.717, 1.165) is 18.8 Å². The maximum atomic E-state index is 12.2. The van der Waals surface area contributed by atoms with Gasteiger partial charge in [-0.3, -0.25) is 14.4 Å². The Kier molecular flexibility index (Phi) is 8.05. The van der Waals surface area contributed by atoms with Crippen LogP contribution in [0.1, 0.15) is 55.3 Å². The highest BCUT2D eigenvalue weighted by Gasteiger charge is 2.46. The van der Waals surface area contributed by atoms with Gasteiger partial charge < -0.3 is 15.7 Å². The molecule has 4 atom stereocenters. The molecule has 2 aliphatic rings. The SMILES string of the molecule is O=C(O)CCC/C=C\C[C@H]1[C@H]2CC[C@H](C2)[C@H]1CNC(=O)CNC(=O)c1ccccc1. The second kappa shape index (κ2) is 11.0. The fourth-order valence-electron chi connectivity index (χ4n) is 5.10. The molecule has 2 amide bonds. The molecule has 2 aliphatic carbocycles. The zero-order valence-corrected chi connectivity index (χ0v) is 17.4. The summed E-state index contributed by atoms with van der Waals surface area (Å²) in [6.45, 7) is 0.654. The van der Waals surface area contributed by atoms with Crippen LogP contribution in [0.25, 0.3) is 0 Å². The summed E-state index contributed by atoms with van der Waals surface area (Å²) in [5, 5.41) is 14.4. The second-order valence-electron chi connectivity index (χ2n) is 8.51. The lowest BCUT2D eigenvalue weighted by atomic mass is 9.77. The molecule has 0 spiro atoms. The normalized spacial score (nSPS) is 24.8. The van der Waals surface area contributed by atoms with E-state index in [4.69, 9.17) is 5.11 Å². The number of nitrogens with one attached hydrogen (secondary N) is 2. The van der Waals surface area contributed by atoms with Crippen molar-refractivity contribution in [3.8, 4) is 0 Å². The molecule has 2 saturated carbocycles. The van der Waals surface area contributed by atoms with Crippen LogP contribution in [-0.2, 0) is 9.59 Å². The first-order valence-electron chi connectivity index (χ1n) is 11.0. The summed E-state index contributed by atoms with van der Waals surface area (Å²) >= 11 is 0. The third-order valence-electron chi connectivity index (χ3n) is 6.59. The first kappa shape index (κ1) is 22.1. The van der Waals surface area contributed by atoms with Gasteiger partial charge in [-0.2, -0.15) is 0 Å². The Bertz CT molecular complexity index is 762. The number of carbonyl (C=O) groups excluding carboxylic acids is 2. The standard InChI is InChI=1S/C24H32N2O4/c27-22(16-26-24(30)17-8-4-3-5-9-17)25-15-21-19-13-12-18(14-19)20(21)10-6-1-2-7-11-23(28)29/h1,3-6,8-9,18-21H,2,7,10-16H2,(H,25,27)(H,26,30)(H,28,29)/b6-1-/t18-,19+,20-,21+/m0/s1. The average Bonchev–Trinajstić information content (AvgIpc) is 3.35. The second-order valence-corrected chi connectivity index (χ2v) is 8.51. The lowest BCUT2D eigenvalue weighted by Crippen LogP contribution is -2.41.